The Bertz CT molecular complexity index is 511. The fourth-order valence-electron chi connectivity index (χ4n) is 2.65. The maximum Gasteiger partial charge on any atom is 0.338 e. The molecule has 2 rings (SSSR count). The van der Waals surface area contributed by atoms with E-state index in [1.54, 1.807) is 24.3 Å². The van der Waals surface area contributed by atoms with Crippen LogP contribution < -0.4 is 0 Å². The summed E-state index contributed by atoms with van der Waals surface area (Å²) in [6.07, 6.45) is 6.62. The largest absolute Gasteiger partial charge is 0.462 e. The lowest BCUT2D eigenvalue weighted by molar-refractivity contribution is 0.0266. The highest BCUT2D eigenvalue weighted by Gasteiger charge is 2.18. The molecule has 126 valence electrons. The number of carbonyl (C=O) groups is 2. The minimum atomic E-state index is -0.359. The van der Waals surface area contributed by atoms with Gasteiger partial charge in [0.25, 0.3) is 0 Å². The molecule has 0 bridgehead atoms. The molecule has 1 aliphatic carbocycles. The van der Waals surface area contributed by atoms with Gasteiger partial charge in [0, 0.05) is 0 Å². The van der Waals surface area contributed by atoms with Gasteiger partial charge in [0.2, 0.25) is 0 Å². The molecule has 0 N–H and O–H groups in total. The Kier molecular flexibility index (Phi) is 6.63. The van der Waals surface area contributed by atoms with Gasteiger partial charge in [-0.15, -0.1) is 0 Å². The van der Waals surface area contributed by atoms with Crippen molar-refractivity contribution in [1.29, 1.82) is 0 Å². The van der Waals surface area contributed by atoms with E-state index in [2.05, 4.69) is 0 Å². The molecule has 0 saturated heterocycles. The van der Waals surface area contributed by atoms with Gasteiger partial charge in [-0.05, 0) is 55.9 Å². The molecule has 0 amide bonds. The maximum absolute atomic E-state index is 12.2. The van der Waals surface area contributed by atoms with Gasteiger partial charge in [0.1, 0.15) is 6.10 Å². The third-order valence-electron chi connectivity index (χ3n) is 3.98. The molecule has 0 unspecified atom stereocenters. The van der Waals surface area contributed by atoms with E-state index in [4.69, 9.17) is 9.47 Å². The van der Waals surface area contributed by atoms with E-state index in [0.29, 0.717) is 23.7 Å². The van der Waals surface area contributed by atoms with E-state index in [0.717, 1.165) is 25.7 Å². The van der Waals surface area contributed by atoms with Crippen molar-refractivity contribution >= 4 is 11.9 Å². The summed E-state index contributed by atoms with van der Waals surface area (Å²) in [5, 5.41) is 0. The van der Waals surface area contributed by atoms with Crippen molar-refractivity contribution < 1.29 is 19.1 Å². The van der Waals surface area contributed by atoms with E-state index in [1.807, 2.05) is 13.8 Å². The van der Waals surface area contributed by atoms with Crippen LogP contribution in [0, 0.1) is 5.92 Å². The number of carbonyl (C=O) groups excluding carboxylic acids is 2. The first-order chi connectivity index (χ1) is 11.1. The van der Waals surface area contributed by atoms with Crippen LogP contribution >= 0.6 is 0 Å². The molecular formula is C19H26O4. The number of ether oxygens (including phenoxy) is 2. The molecule has 0 aliphatic heterocycles. The molecule has 0 spiro atoms. The monoisotopic (exact) mass is 318 g/mol. The lowest BCUT2D eigenvalue weighted by Crippen LogP contribution is -2.17. The molecular weight excluding hydrogens is 292 g/mol. The number of esters is 2. The fraction of sp³-hybridized carbons (Fsp3) is 0.579. The first kappa shape index (κ1) is 17.5. The van der Waals surface area contributed by atoms with Gasteiger partial charge in [-0.2, -0.15) is 0 Å². The second-order valence-electron chi connectivity index (χ2n) is 6.59. The van der Waals surface area contributed by atoms with Crippen molar-refractivity contribution in [2.24, 2.45) is 5.92 Å². The van der Waals surface area contributed by atoms with Crippen LogP contribution in [0.2, 0.25) is 0 Å². The Labute approximate surface area is 138 Å². The Hall–Kier alpha value is -1.84. The topological polar surface area (TPSA) is 52.6 Å². The van der Waals surface area contributed by atoms with E-state index in [1.165, 1.54) is 12.8 Å². The maximum atomic E-state index is 12.2. The Morgan fingerprint density at radius 3 is 2.00 bits per heavy atom. The number of hydrogen-bond acceptors (Lipinski definition) is 4. The second-order valence-corrected chi connectivity index (χ2v) is 6.59. The van der Waals surface area contributed by atoms with E-state index >= 15 is 0 Å². The van der Waals surface area contributed by atoms with Crippen molar-refractivity contribution in [2.75, 3.05) is 6.61 Å². The van der Waals surface area contributed by atoms with Crippen LogP contribution in [0.4, 0.5) is 0 Å². The predicted molar refractivity (Wildman–Crippen MR) is 88.5 cm³/mol. The van der Waals surface area contributed by atoms with Crippen molar-refractivity contribution in [3.63, 3.8) is 0 Å². The average Bonchev–Trinajstić information content (AvgIpc) is 2.81. The van der Waals surface area contributed by atoms with Gasteiger partial charge < -0.3 is 9.47 Å². The highest BCUT2D eigenvalue weighted by atomic mass is 16.5. The molecule has 1 aliphatic rings. The van der Waals surface area contributed by atoms with E-state index in [-0.39, 0.29) is 18.0 Å². The zero-order valence-electron chi connectivity index (χ0n) is 14.0. The number of hydrogen-bond donors (Lipinski definition) is 0. The molecule has 4 heteroatoms. The van der Waals surface area contributed by atoms with Crippen molar-refractivity contribution in [2.45, 2.75) is 58.5 Å². The second kappa shape index (κ2) is 8.70. The van der Waals surface area contributed by atoms with E-state index < -0.39 is 0 Å². The summed E-state index contributed by atoms with van der Waals surface area (Å²) < 4.78 is 10.8. The standard InChI is InChI=1S/C19H26O4/c1-14(2)13-22-18(20)15-9-11-16(12-10-15)19(21)23-17-7-5-3-4-6-8-17/h9-12,14,17H,3-8,13H2,1-2H3. The molecule has 0 heterocycles. The van der Waals surface area contributed by atoms with Crippen LogP contribution in [0.25, 0.3) is 0 Å². The normalized spacial score (nSPS) is 16.0. The summed E-state index contributed by atoms with van der Waals surface area (Å²) in [7, 11) is 0. The molecule has 1 aromatic carbocycles. The third kappa shape index (κ3) is 5.70. The van der Waals surface area contributed by atoms with Crippen LogP contribution in [-0.2, 0) is 9.47 Å². The quantitative estimate of drug-likeness (QED) is 0.597. The SMILES string of the molecule is CC(C)COC(=O)c1ccc(C(=O)OC2CCCCCC2)cc1. The summed E-state index contributed by atoms with van der Waals surface area (Å²) in [5.41, 5.74) is 0.936. The van der Waals surface area contributed by atoms with Gasteiger partial charge in [-0.25, -0.2) is 9.59 Å². The summed E-state index contributed by atoms with van der Waals surface area (Å²) in [6.45, 7) is 4.37. The Morgan fingerprint density at radius 1 is 0.957 bits per heavy atom. The van der Waals surface area contributed by atoms with Gasteiger partial charge in [-0.1, -0.05) is 26.7 Å². The molecule has 1 saturated carbocycles. The van der Waals surface area contributed by atoms with Crippen LogP contribution in [-0.4, -0.2) is 24.6 Å². The zero-order valence-corrected chi connectivity index (χ0v) is 14.0. The molecule has 4 nitrogen and oxygen atoms in total. The van der Waals surface area contributed by atoms with Gasteiger partial charge in [-0.3, -0.25) is 0 Å². The summed E-state index contributed by atoms with van der Waals surface area (Å²) in [5.74, 6) is -0.367. The van der Waals surface area contributed by atoms with Gasteiger partial charge in [0.15, 0.2) is 0 Å². The lowest BCUT2D eigenvalue weighted by atomic mass is 10.1. The Balaban J connectivity index is 1.90. The highest BCUT2D eigenvalue weighted by molar-refractivity contribution is 5.93. The molecule has 1 fully saturated rings. The molecule has 0 atom stereocenters. The number of benzene rings is 1. The van der Waals surface area contributed by atoms with Crippen molar-refractivity contribution in [3.05, 3.63) is 35.4 Å². The minimum absolute atomic E-state index is 0.0284. The highest BCUT2D eigenvalue weighted by Crippen LogP contribution is 2.21. The van der Waals surface area contributed by atoms with Crippen molar-refractivity contribution in [1.82, 2.24) is 0 Å². The van der Waals surface area contributed by atoms with Crippen LogP contribution in [0.5, 0.6) is 0 Å². The Morgan fingerprint density at radius 2 is 1.48 bits per heavy atom. The average molecular weight is 318 g/mol. The molecule has 1 aromatic rings. The number of rotatable bonds is 5. The first-order valence-corrected chi connectivity index (χ1v) is 8.54. The zero-order chi connectivity index (χ0) is 16.7. The van der Waals surface area contributed by atoms with Crippen molar-refractivity contribution in [3.8, 4) is 0 Å². The molecule has 0 radical (unpaired) electrons. The summed E-state index contributed by atoms with van der Waals surface area (Å²) in [6, 6.07) is 6.49. The third-order valence-corrected chi connectivity index (χ3v) is 3.98. The minimum Gasteiger partial charge on any atom is -0.462 e. The van der Waals surface area contributed by atoms with Crippen LogP contribution in [0.1, 0.15) is 73.1 Å². The summed E-state index contributed by atoms with van der Waals surface area (Å²) in [4.78, 5) is 24.0. The van der Waals surface area contributed by atoms with Crippen LogP contribution in [0.3, 0.4) is 0 Å². The summed E-state index contributed by atoms with van der Waals surface area (Å²) >= 11 is 0. The first-order valence-electron chi connectivity index (χ1n) is 8.54. The van der Waals surface area contributed by atoms with Gasteiger partial charge >= 0.3 is 11.9 Å². The van der Waals surface area contributed by atoms with Gasteiger partial charge in [0.05, 0.1) is 17.7 Å². The smallest absolute Gasteiger partial charge is 0.338 e. The molecule has 23 heavy (non-hydrogen) atoms. The van der Waals surface area contributed by atoms with E-state index in [9.17, 15) is 9.59 Å². The lowest BCUT2D eigenvalue weighted by Gasteiger charge is -2.15. The predicted octanol–water partition coefficient (Wildman–Crippen LogP) is 4.38. The fourth-order valence-corrected chi connectivity index (χ4v) is 2.65. The molecule has 0 aromatic heterocycles. The van der Waals surface area contributed by atoms with Crippen LogP contribution in [0.15, 0.2) is 24.3 Å².